The fraction of sp³-hybridized carbons (Fsp3) is 0.250. The zero-order chi connectivity index (χ0) is 18.5. The van der Waals surface area contributed by atoms with Crippen molar-refractivity contribution in [2.24, 2.45) is 0 Å². The summed E-state index contributed by atoms with van der Waals surface area (Å²) in [5.41, 5.74) is 4.46. The largest absolute Gasteiger partial charge is 0.347 e. The minimum absolute atomic E-state index is 0.0468. The lowest BCUT2D eigenvalue weighted by Crippen LogP contribution is -2.23. The topological polar surface area (TPSA) is 68.0 Å². The van der Waals surface area contributed by atoms with Crippen LogP contribution >= 0.6 is 11.6 Å². The van der Waals surface area contributed by atoms with Crippen molar-refractivity contribution in [3.8, 4) is 11.4 Å². The zero-order valence-electron chi connectivity index (χ0n) is 14.8. The van der Waals surface area contributed by atoms with Crippen LogP contribution in [-0.2, 0) is 17.8 Å². The van der Waals surface area contributed by atoms with E-state index in [4.69, 9.17) is 16.1 Å². The third-order valence-corrected chi connectivity index (χ3v) is 4.47. The predicted octanol–water partition coefficient (Wildman–Crippen LogP) is 4.26. The fourth-order valence-corrected chi connectivity index (χ4v) is 2.65. The minimum Gasteiger partial charge on any atom is -0.347 e. The normalized spacial score (nSPS) is 10.7. The van der Waals surface area contributed by atoms with E-state index in [9.17, 15) is 4.79 Å². The molecule has 3 rings (SSSR count). The first-order valence-electron chi connectivity index (χ1n) is 8.42. The molecule has 0 saturated heterocycles. The summed E-state index contributed by atoms with van der Waals surface area (Å²) in [6, 6.07) is 13.4. The number of nitrogens with one attached hydrogen (secondary N) is 1. The maximum Gasteiger partial charge on any atom is 0.246 e. The first-order chi connectivity index (χ1) is 12.5. The number of aryl methyl sites for hydroxylation is 3. The highest BCUT2D eigenvalue weighted by Crippen LogP contribution is 2.18. The van der Waals surface area contributed by atoms with Crippen LogP contribution < -0.4 is 5.32 Å². The summed E-state index contributed by atoms with van der Waals surface area (Å²) >= 11 is 5.87. The van der Waals surface area contributed by atoms with Gasteiger partial charge in [0.15, 0.2) is 0 Å². The first kappa shape index (κ1) is 18.1. The molecule has 2 aromatic carbocycles. The van der Waals surface area contributed by atoms with Crippen molar-refractivity contribution in [3.05, 3.63) is 70.1 Å². The predicted molar refractivity (Wildman–Crippen MR) is 101 cm³/mol. The van der Waals surface area contributed by atoms with Crippen LogP contribution in [0.1, 0.15) is 29.0 Å². The number of hydrogen-bond acceptors (Lipinski definition) is 4. The van der Waals surface area contributed by atoms with Gasteiger partial charge in [0.05, 0.1) is 6.54 Å². The van der Waals surface area contributed by atoms with Crippen LogP contribution in [0.2, 0.25) is 5.02 Å². The fourth-order valence-electron chi connectivity index (χ4n) is 2.52. The molecular weight excluding hydrogens is 350 g/mol. The van der Waals surface area contributed by atoms with Crippen LogP contribution in [0.4, 0.5) is 0 Å². The van der Waals surface area contributed by atoms with Crippen LogP contribution in [0.3, 0.4) is 0 Å². The molecular formula is C20H20ClN3O2. The summed E-state index contributed by atoms with van der Waals surface area (Å²) in [5.74, 6) is 0.796. The molecule has 6 heteroatoms. The molecule has 0 aliphatic carbocycles. The Kier molecular flexibility index (Phi) is 5.68. The molecule has 1 N–H and O–H groups in total. The lowest BCUT2D eigenvalue weighted by atomic mass is 10.0. The average molecular weight is 370 g/mol. The molecule has 0 aliphatic heterocycles. The summed E-state index contributed by atoms with van der Waals surface area (Å²) in [7, 11) is 0. The van der Waals surface area contributed by atoms with Crippen LogP contribution in [-0.4, -0.2) is 16.0 Å². The van der Waals surface area contributed by atoms with Crippen molar-refractivity contribution in [2.75, 3.05) is 0 Å². The van der Waals surface area contributed by atoms with Crippen LogP contribution in [0.15, 0.2) is 47.0 Å². The van der Waals surface area contributed by atoms with Crippen LogP contribution in [0.25, 0.3) is 11.4 Å². The Labute approximate surface area is 157 Å². The number of hydrogen-bond donors (Lipinski definition) is 1. The lowest BCUT2D eigenvalue weighted by molar-refractivity contribution is -0.121. The SMILES string of the molecule is Cc1ccc(CCC(=O)NCc2nc(-c3ccc(Cl)cc3)no2)cc1C. The third kappa shape index (κ3) is 4.70. The highest BCUT2D eigenvalue weighted by atomic mass is 35.5. The summed E-state index contributed by atoms with van der Waals surface area (Å²) in [6.07, 6.45) is 1.12. The van der Waals surface area contributed by atoms with Gasteiger partial charge in [0.2, 0.25) is 17.6 Å². The summed E-state index contributed by atoms with van der Waals surface area (Å²) in [5, 5.41) is 7.38. The maximum atomic E-state index is 12.0. The van der Waals surface area contributed by atoms with Crippen molar-refractivity contribution in [1.82, 2.24) is 15.5 Å². The van der Waals surface area contributed by atoms with E-state index in [0.717, 1.165) is 11.1 Å². The van der Waals surface area contributed by atoms with Crippen molar-refractivity contribution < 1.29 is 9.32 Å². The van der Waals surface area contributed by atoms with Crippen molar-refractivity contribution in [3.63, 3.8) is 0 Å². The van der Waals surface area contributed by atoms with Gasteiger partial charge in [-0.25, -0.2) is 0 Å². The van der Waals surface area contributed by atoms with E-state index in [1.165, 1.54) is 11.1 Å². The molecule has 1 aromatic heterocycles. The van der Waals surface area contributed by atoms with E-state index >= 15 is 0 Å². The monoisotopic (exact) mass is 369 g/mol. The third-order valence-electron chi connectivity index (χ3n) is 4.22. The second-order valence-electron chi connectivity index (χ2n) is 6.21. The van der Waals surface area contributed by atoms with Gasteiger partial charge in [0.1, 0.15) is 0 Å². The number of nitrogens with zero attached hydrogens (tertiary/aromatic N) is 2. The zero-order valence-corrected chi connectivity index (χ0v) is 15.5. The number of amides is 1. The molecule has 0 bridgehead atoms. The van der Waals surface area contributed by atoms with Gasteiger partial charge in [0, 0.05) is 17.0 Å². The van der Waals surface area contributed by atoms with E-state index in [0.29, 0.717) is 29.6 Å². The number of carbonyl (C=O) groups is 1. The number of halogens is 1. The molecule has 0 unspecified atom stereocenters. The molecule has 0 radical (unpaired) electrons. The number of aromatic nitrogens is 2. The van der Waals surface area contributed by atoms with Crippen molar-refractivity contribution in [1.29, 1.82) is 0 Å². The second kappa shape index (κ2) is 8.15. The summed E-state index contributed by atoms with van der Waals surface area (Å²) in [4.78, 5) is 16.3. The highest BCUT2D eigenvalue weighted by molar-refractivity contribution is 6.30. The molecule has 1 heterocycles. The second-order valence-corrected chi connectivity index (χ2v) is 6.65. The molecule has 26 heavy (non-hydrogen) atoms. The van der Waals surface area contributed by atoms with Gasteiger partial charge in [-0.1, -0.05) is 35.0 Å². The van der Waals surface area contributed by atoms with E-state index in [-0.39, 0.29) is 12.5 Å². The van der Waals surface area contributed by atoms with Gasteiger partial charge >= 0.3 is 0 Å². The molecule has 0 saturated carbocycles. The molecule has 3 aromatic rings. The Morgan fingerprint density at radius 1 is 1.12 bits per heavy atom. The molecule has 0 atom stereocenters. The highest BCUT2D eigenvalue weighted by Gasteiger charge is 2.10. The Balaban J connectivity index is 1.50. The Bertz CT molecular complexity index is 904. The maximum absolute atomic E-state index is 12.0. The minimum atomic E-state index is -0.0468. The molecule has 0 spiro atoms. The van der Waals surface area contributed by atoms with Crippen molar-refractivity contribution >= 4 is 17.5 Å². The number of carbonyl (C=O) groups excluding carboxylic acids is 1. The van der Waals surface area contributed by atoms with Crippen LogP contribution in [0, 0.1) is 13.8 Å². The first-order valence-corrected chi connectivity index (χ1v) is 8.80. The quantitative estimate of drug-likeness (QED) is 0.705. The molecule has 0 fully saturated rings. The van der Waals surface area contributed by atoms with Gasteiger partial charge < -0.3 is 9.84 Å². The number of rotatable bonds is 6. The van der Waals surface area contributed by atoms with E-state index < -0.39 is 0 Å². The number of benzene rings is 2. The molecule has 5 nitrogen and oxygen atoms in total. The summed E-state index contributed by atoms with van der Waals surface area (Å²) in [6.45, 7) is 4.37. The molecule has 1 amide bonds. The Morgan fingerprint density at radius 3 is 2.62 bits per heavy atom. The average Bonchev–Trinajstić information content (AvgIpc) is 3.10. The summed E-state index contributed by atoms with van der Waals surface area (Å²) < 4.78 is 5.18. The molecule has 0 aliphatic rings. The lowest BCUT2D eigenvalue weighted by Gasteiger charge is -2.05. The van der Waals surface area contributed by atoms with Crippen molar-refractivity contribution in [2.45, 2.75) is 33.2 Å². The standard InChI is InChI=1S/C20H20ClN3O2/c1-13-3-4-15(11-14(13)2)5-10-18(25)22-12-19-23-20(24-26-19)16-6-8-17(21)9-7-16/h3-4,6-9,11H,5,10,12H2,1-2H3,(H,22,25). The molecule has 134 valence electrons. The van der Waals surface area contributed by atoms with Gasteiger partial charge in [0.25, 0.3) is 0 Å². The van der Waals surface area contributed by atoms with Gasteiger partial charge in [-0.3, -0.25) is 4.79 Å². The Morgan fingerprint density at radius 2 is 1.88 bits per heavy atom. The van der Waals surface area contributed by atoms with Gasteiger partial charge in [-0.2, -0.15) is 4.98 Å². The smallest absolute Gasteiger partial charge is 0.246 e. The Hall–Kier alpha value is -2.66. The van der Waals surface area contributed by atoms with E-state index in [1.54, 1.807) is 12.1 Å². The van der Waals surface area contributed by atoms with E-state index in [2.05, 4.69) is 47.5 Å². The van der Waals surface area contributed by atoms with Gasteiger partial charge in [-0.15, -0.1) is 0 Å². The van der Waals surface area contributed by atoms with Crippen LogP contribution in [0.5, 0.6) is 0 Å². The van der Waals surface area contributed by atoms with Gasteiger partial charge in [-0.05, 0) is 61.2 Å². The van der Waals surface area contributed by atoms with E-state index in [1.807, 2.05) is 12.1 Å².